The van der Waals surface area contributed by atoms with Crippen molar-refractivity contribution in [1.29, 1.82) is 0 Å². The molecule has 2 N–H and O–H groups in total. The van der Waals surface area contributed by atoms with Crippen LogP contribution in [0.4, 0.5) is 10.1 Å². The third-order valence-electron chi connectivity index (χ3n) is 5.11. The molecule has 1 aromatic heterocycles. The number of halogens is 1. The zero-order valence-corrected chi connectivity index (χ0v) is 16.6. The highest BCUT2D eigenvalue weighted by Gasteiger charge is 2.38. The normalized spacial score (nSPS) is 22.1. The summed E-state index contributed by atoms with van der Waals surface area (Å²) in [6.07, 6.45) is 2.13. The van der Waals surface area contributed by atoms with Gasteiger partial charge in [-0.15, -0.1) is 0 Å². The fourth-order valence-electron chi connectivity index (χ4n) is 3.76. The predicted molar refractivity (Wildman–Crippen MR) is 103 cm³/mol. The number of anilines is 1. The Kier molecular flexibility index (Phi) is 4.95. The van der Waals surface area contributed by atoms with E-state index in [0.29, 0.717) is 16.8 Å². The van der Waals surface area contributed by atoms with Gasteiger partial charge in [-0.1, -0.05) is 0 Å². The number of carbonyl (C=O) groups excluding carboxylic acids is 1. The van der Waals surface area contributed by atoms with Crippen LogP contribution in [0.3, 0.4) is 0 Å². The maximum absolute atomic E-state index is 15.1. The lowest BCUT2D eigenvalue weighted by Gasteiger charge is -2.29. The molecule has 1 atom stereocenters. The molecule has 1 amide bonds. The van der Waals surface area contributed by atoms with Crippen molar-refractivity contribution in [3.8, 4) is 11.6 Å². The van der Waals surface area contributed by atoms with Crippen molar-refractivity contribution in [3.63, 3.8) is 0 Å². The minimum atomic E-state index is -4.27. The van der Waals surface area contributed by atoms with E-state index in [0.717, 1.165) is 25.9 Å². The molecule has 11 heteroatoms. The maximum Gasteiger partial charge on any atom is 0.326 e. The van der Waals surface area contributed by atoms with Crippen LogP contribution in [-0.4, -0.2) is 62.6 Å². The van der Waals surface area contributed by atoms with E-state index in [-0.39, 0.29) is 16.8 Å². The number of amides is 1. The van der Waals surface area contributed by atoms with E-state index in [1.54, 1.807) is 16.9 Å². The SMILES string of the molecule is CN1CCCC(COc2ccc3cc(O)c(N4CC(=O)NS4(=O)=O)c(F)c3n2)C1. The van der Waals surface area contributed by atoms with E-state index in [2.05, 4.69) is 16.9 Å². The van der Waals surface area contributed by atoms with E-state index in [1.807, 2.05) is 0 Å². The number of pyridine rings is 1. The van der Waals surface area contributed by atoms with Crippen LogP contribution in [0.25, 0.3) is 10.9 Å². The molecule has 0 spiro atoms. The molecule has 29 heavy (non-hydrogen) atoms. The summed E-state index contributed by atoms with van der Waals surface area (Å²) in [5.74, 6) is -1.90. The minimum absolute atomic E-state index is 0.148. The molecule has 156 valence electrons. The van der Waals surface area contributed by atoms with Gasteiger partial charge in [-0.05, 0) is 38.6 Å². The highest BCUT2D eigenvalue weighted by molar-refractivity contribution is 7.92. The van der Waals surface area contributed by atoms with Crippen LogP contribution in [0.1, 0.15) is 12.8 Å². The average molecular weight is 424 g/mol. The number of hydrogen-bond donors (Lipinski definition) is 2. The summed E-state index contributed by atoms with van der Waals surface area (Å²) < 4.78 is 47.2. The Morgan fingerprint density at radius 2 is 2.21 bits per heavy atom. The molecular formula is C18H21FN4O5S. The van der Waals surface area contributed by atoms with Gasteiger partial charge in [-0.25, -0.2) is 18.4 Å². The van der Waals surface area contributed by atoms with Gasteiger partial charge in [0, 0.05) is 23.9 Å². The molecule has 4 rings (SSSR count). The van der Waals surface area contributed by atoms with E-state index in [1.165, 1.54) is 6.07 Å². The van der Waals surface area contributed by atoms with Gasteiger partial charge in [0.25, 0.3) is 5.91 Å². The predicted octanol–water partition coefficient (Wildman–Crippen LogP) is 0.981. The molecule has 0 radical (unpaired) electrons. The molecule has 2 aliphatic heterocycles. The number of phenols is 1. The number of aromatic nitrogens is 1. The Labute approximate surface area is 167 Å². The standard InChI is InChI=1S/C18H21FN4O5S/c1-22-6-2-3-11(8-22)10-28-15-5-4-12-7-13(24)18(16(19)17(12)20-15)23-9-14(25)21-29(23,26)27/h4-5,7,11,24H,2-3,6,8-10H2,1H3,(H,21,25). The van der Waals surface area contributed by atoms with Gasteiger partial charge < -0.3 is 14.7 Å². The van der Waals surface area contributed by atoms with E-state index in [9.17, 15) is 18.3 Å². The van der Waals surface area contributed by atoms with E-state index >= 15 is 4.39 Å². The number of rotatable bonds is 4. The first kappa shape index (κ1) is 19.6. The molecule has 0 saturated carbocycles. The summed E-state index contributed by atoms with van der Waals surface area (Å²) in [5, 5.41) is 10.5. The Hall–Kier alpha value is -2.66. The first-order chi connectivity index (χ1) is 13.7. The topological polar surface area (TPSA) is 112 Å². The third kappa shape index (κ3) is 3.79. The van der Waals surface area contributed by atoms with Crippen molar-refractivity contribution in [2.75, 3.05) is 37.6 Å². The molecule has 2 fully saturated rings. The number of nitrogens with one attached hydrogen (secondary N) is 1. The van der Waals surface area contributed by atoms with Gasteiger partial charge >= 0.3 is 10.2 Å². The molecule has 2 saturated heterocycles. The van der Waals surface area contributed by atoms with Crippen molar-refractivity contribution in [1.82, 2.24) is 14.6 Å². The number of ether oxygens (including phenoxy) is 1. The van der Waals surface area contributed by atoms with E-state index < -0.39 is 39.9 Å². The van der Waals surface area contributed by atoms with Crippen LogP contribution in [0.2, 0.25) is 0 Å². The van der Waals surface area contributed by atoms with Crippen molar-refractivity contribution in [3.05, 3.63) is 24.0 Å². The fraction of sp³-hybridized carbons (Fsp3) is 0.444. The van der Waals surface area contributed by atoms with Crippen LogP contribution in [-0.2, 0) is 15.0 Å². The van der Waals surface area contributed by atoms with Crippen LogP contribution in [0, 0.1) is 11.7 Å². The first-order valence-electron chi connectivity index (χ1n) is 9.21. The van der Waals surface area contributed by atoms with Crippen molar-refractivity contribution in [2.45, 2.75) is 12.8 Å². The zero-order valence-electron chi connectivity index (χ0n) is 15.8. The van der Waals surface area contributed by atoms with Crippen molar-refractivity contribution >= 4 is 32.7 Å². The molecule has 1 aromatic carbocycles. The molecule has 1 unspecified atom stereocenters. The summed E-state index contributed by atoms with van der Waals surface area (Å²) >= 11 is 0. The molecule has 0 aliphatic carbocycles. The number of hydrogen-bond acceptors (Lipinski definition) is 7. The van der Waals surface area contributed by atoms with Crippen molar-refractivity contribution in [2.24, 2.45) is 5.92 Å². The van der Waals surface area contributed by atoms with Crippen molar-refractivity contribution < 1.29 is 27.4 Å². The average Bonchev–Trinajstić information content (AvgIpc) is 2.92. The number of aromatic hydroxyl groups is 1. The van der Waals surface area contributed by atoms with Crippen LogP contribution in [0.15, 0.2) is 18.2 Å². The summed E-state index contributed by atoms with van der Waals surface area (Å²) in [7, 11) is -2.22. The van der Waals surface area contributed by atoms with Crippen LogP contribution >= 0.6 is 0 Å². The lowest BCUT2D eigenvalue weighted by Crippen LogP contribution is -2.34. The van der Waals surface area contributed by atoms with Gasteiger partial charge in [0.2, 0.25) is 5.88 Å². The highest BCUT2D eigenvalue weighted by atomic mass is 32.2. The molecule has 0 bridgehead atoms. The second kappa shape index (κ2) is 7.30. The summed E-state index contributed by atoms with van der Waals surface area (Å²) in [5.41, 5.74) is -0.764. The third-order valence-corrected chi connectivity index (χ3v) is 6.49. The number of benzene rings is 1. The number of phenolic OH excluding ortho intramolecular Hbond substituents is 1. The first-order valence-corrected chi connectivity index (χ1v) is 10.7. The molecule has 9 nitrogen and oxygen atoms in total. The Balaban J connectivity index is 1.65. The smallest absolute Gasteiger partial charge is 0.326 e. The van der Waals surface area contributed by atoms with Gasteiger partial charge in [0.15, 0.2) is 5.82 Å². The lowest BCUT2D eigenvalue weighted by atomic mass is 10.00. The Morgan fingerprint density at radius 3 is 2.90 bits per heavy atom. The number of piperidine rings is 1. The number of nitrogens with zero attached hydrogens (tertiary/aromatic N) is 3. The monoisotopic (exact) mass is 424 g/mol. The second-order valence-corrected chi connectivity index (χ2v) is 8.99. The van der Waals surface area contributed by atoms with Crippen LogP contribution in [0.5, 0.6) is 11.6 Å². The largest absolute Gasteiger partial charge is 0.506 e. The molecule has 2 aromatic rings. The second-order valence-electron chi connectivity index (χ2n) is 7.40. The zero-order chi connectivity index (χ0) is 20.8. The maximum atomic E-state index is 15.1. The van der Waals surface area contributed by atoms with Crippen LogP contribution < -0.4 is 13.8 Å². The van der Waals surface area contributed by atoms with Gasteiger partial charge in [0.1, 0.15) is 23.5 Å². The minimum Gasteiger partial charge on any atom is -0.506 e. The molecular weight excluding hydrogens is 403 g/mol. The Morgan fingerprint density at radius 1 is 1.41 bits per heavy atom. The highest BCUT2D eigenvalue weighted by Crippen LogP contribution is 2.38. The van der Waals surface area contributed by atoms with Gasteiger partial charge in [0.05, 0.1) is 6.61 Å². The summed E-state index contributed by atoms with van der Waals surface area (Å²) in [4.78, 5) is 17.9. The fourth-order valence-corrected chi connectivity index (χ4v) is 4.92. The number of carbonyl (C=O) groups is 1. The van der Waals surface area contributed by atoms with Gasteiger partial charge in [-0.3, -0.25) is 4.79 Å². The molecule has 3 heterocycles. The molecule has 2 aliphatic rings. The van der Waals surface area contributed by atoms with Gasteiger partial charge in [-0.2, -0.15) is 8.42 Å². The number of likely N-dealkylation sites (tertiary alicyclic amines) is 1. The summed E-state index contributed by atoms with van der Waals surface area (Å²) in [6, 6.07) is 4.32. The quantitative estimate of drug-likeness (QED) is 0.752. The Bertz CT molecular complexity index is 1080. The van der Waals surface area contributed by atoms with E-state index in [4.69, 9.17) is 4.74 Å². The lowest BCUT2D eigenvalue weighted by molar-refractivity contribution is -0.117. The summed E-state index contributed by atoms with van der Waals surface area (Å²) in [6.45, 7) is 1.78. The number of fused-ring (bicyclic) bond motifs is 1.